The SMILES string of the molecule is CC(=O)Nc1sc2c(c1[C@H](c1ccccn1)N1CCN(c3ccccc3F)CC1)CCCC2. The molecule has 1 saturated heterocycles. The van der Waals surface area contributed by atoms with Crippen molar-refractivity contribution >= 4 is 27.9 Å². The first-order valence-electron chi connectivity index (χ1n) is 11.7. The summed E-state index contributed by atoms with van der Waals surface area (Å²) in [7, 11) is 0. The van der Waals surface area contributed by atoms with E-state index in [1.54, 1.807) is 24.3 Å². The molecule has 1 aliphatic carbocycles. The minimum absolute atomic E-state index is 0.0334. The van der Waals surface area contributed by atoms with E-state index in [1.165, 1.54) is 34.9 Å². The molecule has 1 fully saturated rings. The molecular formula is C26H29FN4OS. The number of halogens is 1. The van der Waals surface area contributed by atoms with Gasteiger partial charge >= 0.3 is 0 Å². The summed E-state index contributed by atoms with van der Waals surface area (Å²) < 4.78 is 14.4. The van der Waals surface area contributed by atoms with Gasteiger partial charge in [-0.25, -0.2) is 4.39 Å². The Labute approximate surface area is 198 Å². The standard InChI is InChI=1S/C26H29FN4OS/c1-18(32)29-26-24(19-8-2-5-12-23(19)33-26)25(21-10-6-7-13-28-21)31-16-14-30(15-17-31)22-11-4-3-9-20(22)27/h3-4,6-7,9-11,13,25H,2,5,8,12,14-17H2,1H3,(H,29,32)/t25-/m0/s1. The van der Waals surface area contributed by atoms with Gasteiger partial charge in [-0.15, -0.1) is 11.3 Å². The fourth-order valence-corrected chi connectivity index (χ4v) is 6.48. The Balaban J connectivity index is 1.51. The van der Waals surface area contributed by atoms with Crippen LogP contribution in [0.1, 0.15) is 47.5 Å². The second-order valence-corrected chi connectivity index (χ2v) is 9.87. The highest BCUT2D eigenvalue weighted by Gasteiger charge is 2.34. The highest BCUT2D eigenvalue weighted by molar-refractivity contribution is 7.16. The van der Waals surface area contributed by atoms with Gasteiger partial charge in [0.2, 0.25) is 5.91 Å². The number of fused-ring (bicyclic) bond motifs is 1. The maximum Gasteiger partial charge on any atom is 0.221 e. The number of para-hydroxylation sites is 1. The molecule has 2 aliphatic rings. The van der Waals surface area contributed by atoms with Gasteiger partial charge in [0.1, 0.15) is 10.8 Å². The van der Waals surface area contributed by atoms with Crippen LogP contribution < -0.4 is 10.2 Å². The van der Waals surface area contributed by atoms with Crippen LogP contribution >= 0.6 is 11.3 Å². The lowest BCUT2D eigenvalue weighted by Gasteiger charge is -2.40. The van der Waals surface area contributed by atoms with Gasteiger partial charge in [-0.3, -0.25) is 14.7 Å². The molecule has 5 nitrogen and oxygen atoms in total. The maximum absolute atomic E-state index is 14.4. The van der Waals surface area contributed by atoms with Crippen LogP contribution in [0.15, 0.2) is 48.7 Å². The molecule has 2 aromatic heterocycles. The Morgan fingerprint density at radius 1 is 1.06 bits per heavy atom. The molecule has 1 aromatic carbocycles. The zero-order chi connectivity index (χ0) is 22.8. The van der Waals surface area contributed by atoms with E-state index in [2.05, 4.69) is 21.2 Å². The zero-order valence-corrected chi connectivity index (χ0v) is 19.7. The Bertz CT molecular complexity index is 1120. The highest BCUT2D eigenvalue weighted by atomic mass is 32.1. The van der Waals surface area contributed by atoms with Crippen LogP contribution in [0.4, 0.5) is 15.1 Å². The fraction of sp³-hybridized carbons (Fsp3) is 0.385. The number of hydrogen-bond acceptors (Lipinski definition) is 5. The van der Waals surface area contributed by atoms with Gasteiger partial charge in [0.15, 0.2) is 0 Å². The van der Waals surface area contributed by atoms with Gasteiger partial charge in [0, 0.05) is 49.7 Å². The van der Waals surface area contributed by atoms with Gasteiger partial charge in [0.05, 0.1) is 17.4 Å². The number of benzene rings is 1. The lowest BCUT2D eigenvalue weighted by atomic mass is 9.90. The number of pyridine rings is 1. The van der Waals surface area contributed by atoms with E-state index in [0.717, 1.165) is 49.7 Å². The summed E-state index contributed by atoms with van der Waals surface area (Å²) in [5.41, 5.74) is 4.26. The highest BCUT2D eigenvalue weighted by Crippen LogP contribution is 2.45. The van der Waals surface area contributed by atoms with Crippen LogP contribution in [0.3, 0.4) is 0 Å². The number of anilines is 2. The van der Waals surface area contributed by atoms with Crippen molar-refractivity contribution in [2.75, 3.05) is 36.4 Å². The summed E-state index contributed by atoms with van der Waals surface area (Å²) in [6.45, 7) is 4.64. The summed E-state index contributed by atoms with van der Waals surface area (Å²) in [4.78, 5) is 22.8. The molecule has 0 spiro atoms. The molecule has 33 heavy (non-hydrogen) atoms. The Morgan fingerprint density at radius 3 is 2.55 bits per heavy atom. The normalized spacial score (nSPS) is 17.5. The van der Waals surface area contributed by atoms with Gasteiger partial charge in [-0.05, 0) is 55.5 Å². The number of hydrogen-bond donors (Lipinski definition) is 1. The van der Waals surface area contributed by atoms with Crippen LogP contribution in [-0.4, -0.2) is 42.0 Å². The number of nitrogens with zero attached hydrogens (tertiary/aromatic N) is 3. The number of carbonyl (C=O) groups is 1. The van der Waals surface area contributed by atoms with Crippen LogP contribution in [0.2, 0.25) is 0 Å². The molecule has 3 aromatic rings. The topological polar surface area (TPSA) is 48.5 Å². The molecule has 0 unspecified atom stereocenters. The fourth-order valence-electron chi connectivity index (χ4n) is 5.12. The van der Waals surface area contributed by atoms with Crippen molar-refractivity contribution in [3.63, 3.8) is 0 Å². The quantitative estimate of drug-likeness (QED) is 0.575. The number of rotatable bonds is 5. The second-order valence-electron chi connectivity index (χ2n) is 8.77. The molecule has 172 valence electrons. The van der Waals surface area contributed by atoms with Crippen molar-refractivity contribution in [2.24, 2.45) is 0 Å². The predicted octanol–water partition coefficient (Wildman–Crippen LogP) is 5.03. The smallest absolute Gasteiger partial charge is 0.221 e. The van der Waals surface area contributed by atoms with Crippen LogP contribution in [0, 0.1) is 5.82 Å². The molecule has 1 atom stereocenters. The van der Waals surface area contributed by atoms with Crippen LogP contribution in [0.25, 0.3) is 0 Å². The van der Waals surface area contributed by atoms with Gasteiger partial charge < -0.3 is 10.2 Å². The van der Waals surface area contributed by atoms with E-state index in [-0.39, 0.29) is 17.8 Å². The average Bonchev–Trinajstić information content (AvgIpc) is 3.18. The Morgan fingerprint density at radius 2 is 1.82 bits per heavy atom. The summed E-state index contributed by atoms with van der Waals surface area (Å²) in [6.07, 6.45) is 6.32. The third-order valence-corrected chi connectivity index (χ3v) is 7.84. The third-order valence-electron chi connectivity index (χ3n) is 6.62. The van der Waals surface area contributed by atoms with E-state index in [0.29, 0.717) is 5.69 Å². The molecule has 5 rings (SSSR count). The molecule has 0 bridgehead atoms. The van der Waals surface area contributed by atoms with Crippen molar-refractivity contribution in [3.05, 3.63) is 76.2 Å². The van der Waals surface area contributed by atoms with Crippen molar-refractivity contribution in [3.8, 4) is 0 Å². The molecule has 1 aliphatic heterocycles. The van der Waals surface area contributed by atoms with Crippen molar-refractivity contribution in [2.45, 2.75) is 38.6 Å². The molecule has 0 radical (unpaired) electrons. The van der Waals surface area contributed by atoms with Crippen LogP contribution in [0.5, 0.6) is 0 Å². The van der Waals surface area contributed by atoms with Gasteiger partial charge in [0.25, 0.3) is 0 Å². The molecule has 7 heteroatoms. The summed E-state index contributed by atoms with van der Waals surface area (Å²) in [6, 6.07) is 13.0. The Kier molecular flexibility index (Phi) is 6.42. The molecule has 1 amide bonds. The van der Waals surface area contributed by atoms with Crippen LogP contribution in [-0.2, 0) is 17.6 Å². The average molecular weight is 465 g/mol. The monoisotopic (exact) mass is 464 g/mol. The number of piperazine rings is 1. The first-order valence-corrected chi connectivity index (χ1v) is 12.5. The number of aromatic nitrogens is 1. The van der Waals surface area contributed by atoms with E-state index < -0.39 is 0 Å². The summed E-state index contributed by atoms with van der Waals surface area (Å²) >= 11 is 1.73. The summed E-state index contributed by atoms with van der Waals surface area (Å²) in [5, 5.41) is 4.09. The minimum atomic E-state index is -0.174. The third kappa shape index (κ3) is 4.52. The minimum Gasteiger partial charge on any atom is -0.367 e. The number of nitrogens with one attached hydrogen (secondary N) is 1. The first-order chi connectivity index (χ1) is 16.1. The molecule has 3 heterocycles. The number of carbonyl (C=O) groups excluding carboxylic acids is 1. The molecule has 1 N–H and O–H groups in total. The lowest BCUT2D eigenvalue weighted by molar-refractivity contribution is -0.114. The predicted molar refractivity (Wildman–Crippen MR) is 132 cm³/mol. The van der Waals surface area contributed by atoms with Gasteiger partial charge in [-0.1, -0.05) is 18.2 Å². The van der Waals surface area contributed by atoms with E-state index >= 15 is 0 Å². The molecule has 0 saturated carbocycles. The van der Waals surface area contributed by atoms with Gasteiger partial charge in [-0.2, -0.15) is 0 Å². The second kappa shape index (κ2) is 9.61. The number of thiophene rings is 1. The number of aryl methyl sites for hydroxylation is 1. The zero-order valence-electron chi connectivity index (χ0n) is 18.9. The van der Waals surface area contributed by atoms with Crippen molar-refractivity contribution < 1.29 is 9.18 Å². The molecular weight excluding hydrogens is 435 g/mol. The first kappa shape index (κ1) is 22.0. The van der Waals surface area contributed by atoms with E-state index in [4.69, 9.17) is 4.98 Å². The van der Waals surface area contributed by atoms with E-state index in [9.17, 15) is 9.18 Å². The van der Waals surface area contributed by atoms with Crippen molar-refractivity contribution in [1.29, 1.82) is 0 Å². The lowest BCUT2D eigenvalue weighted by Crippen LogP contribution is -2.48. The summed E-state index contributed by atoms with van der Waals surface area (Å²) in [5.74, 6) is -0.217. The largest absolute Gasteiger partial charge is 0.367 e. The number of amides is 1. The maximum atomic E-state index is 14.4. The Hall–Kier alpha value is -2.77. The van der Waals surface area contributed by atoms with E-state index in [1.807, 2.05) is 30.5 Å². The van der Waals surface area contributed by atoms with Crippen molar-refractivity contribution in [1.82, 2.24) is 9.88 Å².